The second-order valence-corrected chi connectivity index (χ2v) is 7.57. The predicted molar refractivity (Wildman–Crippen MR) is 113 cm³/mol. The monoisotopic (exact) mass is 430 g/mol. The summed E-state index contributed by atoms with van der Waals surface area (Å²) in [6.45, 7) is 0. The number of methoxy groups -OCH3 is 2. The van der Waals surface area contributed by atoms with Crippen molar-refractivity contribution < 1.29 is 19.1 Å². The molecule has 0 atom stereocenters. The first-order valence-electron chi connectivity index (χ1n) is 8.41. The first-order valence-corrected chi connectivity index (χ1v) is 10.3. The average molecular weight is 431 g/mol. The minimum atomic E-state index is -0.234. The number of rotatable bonds is 8. The zero-order valence-corrected chi connectivity index (χ0v) is 17.3. The first kappa shape index (κ1) is 20.6. The lowest BCUT2D eigenvalue weighted by Gasteiger charge is -2.09. The topological polar surface area (TPSA) is 102 Å². The third-order valence-corrected chi connectivity index (χ3v) is 5.40. The summed E-state index contributed by atoms with van der Waals surface area (Å²) in [4.78, 5) is 24.8. The SMILES string of the molecule is COc1cc(NC(=O)CSc2ccc(NC(=O)c3cccs3)nn2)cc(OC)c1. The van der Waals surface area contributed by atoms with Gasteiger partial charge in [0.05, 0.1) is 24.8 Å². The first-order chi connectivity index (χ1) is 14.1. The molecule has 3 rings (SSSR count). The largest absolute Gasteiger partial charge is 0.497 e. The van der Waals surface area contributed by atoms with Gasteiger partial charge in [0, 0.05) is 23.9 Å². The van der Waals surface area contributed by atoms with E-state index in [-0.39, 0.29) is 17.6 Å². The van der Waals surface area contributed by atoms with Gasteiger partial charge in [-0.3, -0.25) is 9.59 Å². The highest BCUT2D eigenvalue weighted by Crippen LogP contribution is 2.26. The highest BCUT2D eigenvalue weighted by atomic mass is 32.2. The van der Waals surface area contributed by atoms with Crippen LogP contribution in [-0.4, -0.2) is 42.0 Å². The van der Waals surface area contributed by atoms with Crippen LogP contribution in [0.25, 0.3) is 0 Å². The van der Waals surface area contributed by atoms with Crippen molar-refractivity contribution in [3.63, 3.8) is 0 Å². The number of nitrogens with zero attached hydrogens (tertiary/aromatic N) is 2. The Bertz CT molecular complexity index is 956. The molecule has 1 aromatic carbocycles. The molecule has 150 valence electrons. The summed E-state index contributed by atoms with van der Waals surface area (Å²) in [6, 6.07) is 12.0. The van der Waals surface area contributed by atoms with Gasteiger partial charge in [0.2, 0.25) is 5.91 Å². The summed E-state index contributed by atoms with van der Waals surface area (Å²) in [5.74, 6) is 1.22. The lowest BCUT2D eigenvalue weighted by molar-refractivity contribution is -0.113. The van der Waals surface area contributed by atoms with Crippen molar-refractivity contribution in [3.8, 4) is 11.5 Å². The normalized spacial score (nSPS) is 10.3. The van der Waals surface area contributed by atoms with E-state index in [0.29, 0.717) is 32.9 Å². The molecule has 0 aliphatic heterocycles. The van der Waals surface area contributed by atoms with Crippen LogP contribution in [0.15, 0.2) is 52.9 Å². The smallest absolute Gasteiger partial charge is 0.266 e. The van der Waals surface area contributed by atoms with E-state index < -0.39 is 0 Å². The Morgan fingerprint density at radius 1 is 1.03 bits per heavy atom. The Labute approximate surface area is 175 Å². The third-order valence-electron chi connectivity index (χ3n) is 3.61. The van der Waals surface area contributed by atoms with Gasteiger partial charge < -0.3 is 20.1 Å². The molecule has 0 radical (unpaired) electrons. The number of thioether (sulfide) groups is 1. The maximum atomic E-state index is 12.2. The van der Waals surface area contributed by atoms with Gasteiger partial charge in [0.15, 0.2) is 5.82 Å². The Balaban J connectivity index is 1.52. The number of nitrogens with one attached hydrogen (secondary N) is 2. The second kappa shape index (κ2) is 9.89. The van der Waals surface area contributed by atoms with E-state index in [1.807, 2.05) is 5.38 Å². The van der Waals surface area contributed by atoms with Crippen molar-refractivity contribution >= 4 is 46.4 Å². The summed E-state index contributed by atoms with van der Waals surface area (Å²) in [7, 11) is 3.09. The van der Waals surface area contributed by atoms with E-state index in [2.05, 4.69) is 20.8 Å². The van der Waals surface area contributed by atoms with Gasteiger partial charge in [-0.25, -0.2) is 0 Å². The van der Waals surface area contributed by atoms with Gasteiger partial charge in [-0.15, -0.1) is 21.5 Å². The molecule has 2 N–H and O–H groups in total. The summed E-state index contributed by atoms with van der Waals surface area (Å²) in [5.41, 5.74) is 0.574. The number of hydrogen-bond acceptors (Lipinski definition) is 8. The Morgan fingerprint density at radius 3 is 2.38 bits per heavy atom. The van der Waals surface area contributed by atoms with Crippen molar-refractivity contribution in [1.82, 2.24) is 10.2 Å². The van der Waals surface area contributed by atoms with Gasteiger partial charge >= 0.3 is 0 Å². The van der Waals surface area contributed by atoms with E-state index in [9.17, 15) is 9.59 Å². The molecule has 10 heteroatoms. The minimum Gasteiger partial charge on any atom is -0.497 e. The Kier molecular flexibility index (Phi) is 7.04. The second-order valence-electron chi connectivity index (χ2n) is 5.63. The molecular formula is C19H18N4O4S2. The van der Waals surface area contributed by atoms with Crippen molar-refractivity contribution in [1.29, 1.82) is 0 Å². The number of carbonyl (C=O) groups is 2. The zero-order valence-electron chi connectivity index (χ0n) is 15.7. The number of hydrogen-bond donors (Lipinski definition) is 2. The molecule has 0 unspecified atom stereocenters. The van der Waals surface area contributed by atoms with Crippen LogP contribution in [0.5, 0.6) is 11.5 Å². The van der Waals surface area contributed by atoms with Crippen LogP contribution < -0.4 is 20.1 Å². The molecule has 0 aliphatic carbocycles. The number of benzene rings is 1. The van der Waals surface area contributed by atoms with E-state index in [1.54, 1.807) is 56.7 Å². The number of ether oxygens (including phenoxy) is 2. The van der Waals surface area contributed by atoms with Gasteiger partial charge in [0.1, 0.15) is 16.5 Å². The van der Waals surface area contributed by atoms with Crippen LogP contribution in [0.2, 0.25) is 0 Å². The van der Waals surface area contributed by atoms with Crippen molar-refractivity contribution in [2.24, 2.45) is 0 Å². The molecule has 0 aliphatic rings. The molecule has 8 nitrogen and oxygen atoms in total. The van der Waals surface area contributed by atoms with Crippen LogP contribution in [-0.2, 0) is 4.79 Å². The molecule has 2 heterocycles. The zero-order chi connectivity index (χ0) is 20.6. The van der Waals surface area contributed by atoms with Crippen molar-refractivity contribution in [3.05, 3.63) is 52.7 Å². The highest BCUT2D eigenvalue weighted by molar-refractivity contribution is 7.99. The van der Waals surface area contributed by atoms with Crippen LogP contribution in [0, 0.1) is 0 Å². The number of anilines is 2. The number of aromatic nitrogens is 2. The summed E-state index contributed by atoms with van der Waals surface area (Å²) >= 11 is 2.58. The third kappa shape index (κ3) is 5.93. The molecule has 0 saturated heterocycles. The average Bonchev–Trinajstić information content (AvgIpc) is 3.28. The predicted octanol–water partition coefficient (Wildman–Crippen LogP) is 3.54. The van der Waals surface area contributed by atoms with E-state index in [0.717, 1.165) is 0 Å². The maximum absolute atomic E-state index is 12.2. The maximum Gasteiger partial charge on any atom is 0.266 e. The number of amides is 2. The standard InChI is InChI=1S/C19H18N4O4S2/c1-26-13-8-12(9-14(10-13)27-2)20-17(24)11-29-18-6-5-16(22-23-18)21-19(25)15-4-3-7-28-15/h3-10H,11H2,1-2H3,(H,20,24)(H,21,22,25). The fraction of sp³-hybridized carbons (Fsp3) is 0.158. The highest BCUT2D eigenvalue weighted by Gasteiger charge is 2.10. The molecule has 0 fully saturated rings. The molecule has 0 saturated carbocycles. The fourth-order valence-electron chi connectivity index (χ4n) is 2.27. The van der Waals surface area contributed by atoms with Crippen LogP contribution in [0.4, 0.5) is 11.5 Å². The van der Waals surface area contributed by atoms with Crippen LogP contribution >= 0.6 is 23.1 Å². The van der Waals surface area contributed by atoms with Gasteiger partial charge in [-0.05, 0) is 23.6 Å². The summed E-state index contributed by atoms with van der Waals surface area (Å²) < 4.78 is 10.4. The summed E-state index contributed by atoms with van der Waals surface area (Å²) in [5, 5.41) is 15.9. The van der Waals surface area contributed by atoms with Crippen molar-refractivity contribution in [2.45, 2.75) is 5.03 Å². The van der Waals surface area contributed by atoms with E-state index in [1.165, 1.54) is 23.1 Å². The molecule has 0 spiro atoms. The lowest BCUT2D eigenvalue weighted by atomic mass is 10.2. The van der Waals surface area contributed by atoms with E-state index in [4.69, 9.17) is 9.47 Å². The molecule has 2 amide bonds. The lowest BCUT2D eigenvalue weighted by Crippen LogP contribution is -2.14. The Hall–Kier alpha value is -3.11. The summed E-state index contributed by atoms with van der Waals surface area (Å²) in [6.07, 6.45) is 0. The minimum absolute atomic E-state index is 0.148. The fourth-order valence-corrected chi connectivity index (χ4v) is 3.50. The van der Waals surface area contributed by atoms with Gasteiger partial charge in [-0.1, -0.05) is 17.8 Å². The van der Waals surface area contributed by atoms with Crippen LogP contribution in [0.3, 0.4) is 0 Å². The molecule has 2 aromatic heterocycles. The Morgan fingerprint density at radius 2 is 1.79 bits per heavy atom. The van der Waals surface area contributed by atoms with E-state index >= 15 is 0 Å². The quantitative estimate of drug-likeness (QED) is 0.527. The molecule has 3 aromatic rings. The number of carbonyl (C=O) groups excluding carboxylic acids is 2. The van der Waals surface area contributed by atoms with Gasteiger partial charge in [0.25, 0.3) is 5.91 Å². The molecule has 0 bridgehead atoms. The molecule has 29 heavy (non-hydrogen) atoms. The number of thiophene rings is 1. The molecular weight excluding hydrogens is 412 g/mol. The van der Waals surface area contributed by atoms with Crippen molar-refractivity contribution in [2.75, 3.05) is 30.6 Å². The van der Waals surface area contributed by atoms with Gasteiger partial charge in [-0.2, -0.15) is 0 Å². The van der Waals surface area contributed by atoms with Crippen LogP contribution in [0.1, 0.15) is 9.67 Å².